The molecule has 2 aromatic carbocycles. The molecular weight excluding hydrogens is 260 g/mol. The zero-order chi connectivity index (χ0) is 14.2. The summed E-state index contributed by atoms with van der Waals surface area (Å²) in [6, 6.07) is 17.7. The van der Waals surface area contributed by atoms with Gasteiger partial charge >= 0.3 is 0 Å². The molecule has 1 unspecified atom stereocenters. The summed E-state index contributed by atoms with van der Waals surface area (Å²) in [6.07, 6.45) is 3.64. The summed E-state index contributed by atoms with van der Waals surface area (Å²) >= 11 is 0. The summed E-state index contributed by atoms with van der Waals surface area (Å²) in [5, 5.41) is 3.27. The van der Waals surface area contributed by atoms with E-state index in [0.29, 0.717) is 0 Å². The lowest BCUT2D eigenvalue weighted by Gasteiger charge is -2.12. The van der Waals surface area contributed by atoms with Crippen LogP contribution in [0.15, 0.2) is 71.4 Å². The molecule has 3 heteroatoms. The highest BCUT2D eigenvalue weighted by Crippen LogP contribution is 2.30. The van der Waals surface area contributed by atoms with E-state index in [0.717, 1.165) is 33.1 Å². The van der Waals surface area contributed by atoms with Gasteiger partial charge in [0.05, 0.1) is 6.04 Å². The minimum absolute atomic E-state index is 0.288. The first-order valence-electron chi connectivity index (χ1n) is 6.89. The van der Waals surface area contributed by atoms with Gasteiger partial charge in [0.15, 0.2) is 0 Å². The minimum Gasteiger partial charge on any atom is -0.459 e. The molecule has 0 radical (unpaired) electrons. The zero-order valence-corrected chi connectivity index (χ0v) is 11.4. The number of pyridine rings is 1. The van der Waals surface area contributed by atoms with Gasteiger partial charge in [-0.3, -0.25) is 4.98 Å². The van der Waals surface area contributed by atoms with Crippen molar-refractivity contribution in [2.45, 2.75) is 6.04 Å². The van der Waals surface area contributed by atoms with Crippen LogP contribution in [-0.4, -0.2) is 4.98 Å². The van der Waals surface area contributed by atoms with Crippen LogP contribution in [0.1, 0.15) is 17.4 Å². The molecule has 2 heterocycles. The molecule has 0 fully saturated rings. The molecule has 0 amide bonds. The van der Waals surface area contributed by atoms with Gasteiger partial charge in [0.1, 0.15) is 11.3 Å². The lowest BCUT2D eigenvalue weighted by Crippen LogP contribution is -2.11. The number of para-hydroxylation sites is 1. The molecule has 0 saturated carbocycles. The highest BCUT2D eigenvalue weighted by Gasteiger charge is 2.16. The fourth-order valence-electron chi connectivity index (χ4n) is 2.73. The highest BCUT2D eigenvalue weighted by atomic mass is 16.3. The molecular formula is C18H14N2O. The normalized spacial score (nSPS) is 12.8. The Kier molecular flexibility index (Phi) is 2.72. The third-order valence-corrected chi connectivity index (χ3v) is 3.80. The number of aromatic nitrogens is 1. The second kappa shape index (κ2) is 4.72. The average Bonchev–Trinajstić information content (AvgIpc) is 2.97. The number of fused-ring (bicyclic) bond motifs is 2. The Morgan fingerprint density at radius 3 is 2.71 bits per heavy atom. The molecule has 0 aliphatic carbocycles. The second-order valence-corrected chi connectivity index (χ2v) is 5.11. The van der Waals surface area contributed by atoms with Crippen molar-refractivity contribution < 1.29 is 4.42 Å². The van der Waals surface area contributed by atoms with Crippen molar-refractivity contribution in [2.24, 2.45) is 5.73 Å². The highest BCUT2D eigenvalue weighted by molar-refractivity contribution is 5.86. The second-order valence-electron chi connectivity index (χ2n) is 5.11. The van der Waals surface area contributed by atoms with E-state index < -0.39 is 0 Å². The number of benzene rings is 2. The third kappa shape index (κ3) is 1.99. The van der Waals surface area contributed by atoms with E-state index in [1.807, 2.05) is 60.8 Å². The number of rotatable bonds is 2. The number of hydrogen-bond acceptors (Lipinski definition) is 3. The molecule has 3 nitrogen and oxygen atoms in total. The van der Waals surface area contributed by atoms with Crippen LogP contribution in [0.3, 0.4) is 0 Å². The Bertz CT molecular complexity index is 888. The lowest BCUT2D eigenvalue weighted by molar-refractivity contribution is 0.526. The van der Waals surface area contributed by atoms with Crippen molar-refractivity contribution in [2.75, 3.05) is 0 Å². The van der Waals surface area contributed by atoms with Gasteiger partial charge < -0.3 is 10.2 Å². The van der Waals surface area contributed by atoms with Crippen LogP contribution in [0, 0.1) is 0 Å². The van der Waals surface area contributed by atoms with Crippen LogP contribution in [0.2, 0.25) is 0 Å². The van der Waals surface area contributed by atoms with Gasteiger partial charge in [-0.05, 0) is 29.1 Å². The van der Waals surface area contributed by atoms with E-state index in [1.54, 1.807) is 6.20 Å². The van der Waals surface area contributed by atoms with Gasteiger partial charge in [0.2, 0.25) is 0 Å². The maximum atomic E-state index is 6.43. The summed E-state index contributed by atoms with van der Waals surface area (Å²) in [6.45, 7) is 0. The van der Waals surface area contributed by atoms with Crippen molar-refractivity contribution in [3.63, 3.8) is 0 Å². The molecule has 0 bridgehead atoms. The monoisotopic (exact) mass is 274 g/mol. The molecule has 0 aliphatic rings. The zero-order valence-electron chi connectivity index (χ0n) is 11.4. The molecule has 1 atom stereocenters. The molecule has 4 rings (SSSR count). The first-order valence-corrected chi connectivity index (χ1v) is 6.89. The van der Waals surface area contributed by atoms with E-state index >= 15 is 0 Å². The van der Waals surface area contributed by atoms with E-state index in [4.69, 9.17) is 10.2 Å². The predicted molar refractivity (Wildman–Crippen MR) is 84.0 cm³/mol. The molecule has 21 heavy (non-hydrogen) atoms. The Hall–Kier alpha value is -2.65. The smallest absolute Gasteiger partial charge is 0.134 e. The summed E-state index contributed by atoms with van der Waals surface area (Å²) in [5.74, 6) is 0.778. The summed E-state index contributed by atoms with van der Waals surface area (Å²) < 4.78 is 5.89. The summed E-state index contributed by atoms with van der Waals surface area (Å²) in [5.41, 5.74) is 8.35. The number of hydrogen-bond donors (Lipinski definition) is 1. The summed E-state index contributed by atoms with van der Waals surface area (Å²) in [7, 11) is 0. The quantitative estimate of drug-likeness (QED) is 0.600. The van der Waals surface area contributed by atoms with Gasteiger partial charge in [-0.2, -0.15) is 0 Å². The average molecular weight is 274 g/mol. The Morgan fingerprint density at radius 2 is 1.81 bits per heavy atom. The first kappa shape index (κ1) is 12.1. The predicted octanol–water partition coefficient (Wildman–Crippen LogP) is 4.03. The Balaban J connectivity index is 1.87. The number of furan rings is 1. The maximum Gasteiger partial charge on any atom is 0.134 e. The molecule has 2 aromatic heterocycles. The van der Waals surface area contributed by atoms with Crippen LogP contribution in [0.5, 0.6) is 0 Å². The topological polar surface area (TPSA) is 52.0 Å². The number of nitrogens with zero attached hydrogens (tertiary/aromatic N) is 1. The molecule has 4 aromatic rings. The Labute approximate surface area is 122 Å². The minimum atomic E-state index is -0.288. The Morgan fingerprint density at radius 1 is 0.952 bits per heavy atom. The SMILES string of the molecule is NC(c1cc2ccccc2o1)c1cccc2cnccc12. The first-order chi connectivity index (χ1) is 10.3. The van der Waals surface area contributed by atoms with E-state index in [9.17, 15) is 0 Å². The van der Waals surface area contributed by atoms with Crippen molar-refractivity contribution in [3.8, 4) is 0 Å². The largest absolute Gasteiger partial charge is 0.459 e. The van der Waals surface area contributed by atoms with Crippen LogP contribution >= 0.6 is 0 Å². The van der Waals surface area contributed by atoms with E-state index in [2.05, 4.69) is 4.98 Å². The fraction of sp³-hybridized carbons (Fsp3) is 0.0556. The van der Waals surface area contributed by atoms with Crippen molar-refractivity contribution in [3.05, 3.63) is 78.3 Å². The lowest BCUT2D eigenvalue weighted by atomic mass is 9.99. The summed E-state index contributed by atoms with van der Waals surface area (Å²) in [4.78, 5) is 4.16. The van der Waals surface area contributed by atoms with Crippen LogP contribution in [0.4, 0.5) is 0 Å². The standard InChI is InChI=1S/C18H14N2O/c19-18(17-10-12-4-1-2-7-16(12)21-17)15-6-3-5-13-11-20-9-8-14(13)15/h1-11,18H,19H2. The number of nitrogens with two attached hydrogens (primary N) is 1. The van der Waals surface area contributed by atoms with Gasteiger partial charge in [-0.15, -0.1) is 0 Å². The van der Waals surface area contributed by atoms with E-state index in [1.165, 1.54) is 0 Å². The van der Waals surface area contributed by atoms with Gasteiger partial charge in [-0.25, -0.2) is 0 Å². The van der Waals surface area contributed by atoms with Crippen LogP contribution in [-0.2, 0) is 0 Å². The van der Waals surface area contributed by atoms with Gasteiger partial charge in [-0.1, -0.05) is 36.4 Å². The maximum absolute atomic E-state index is 6.43. The van der Waals surface area contributed by atoms with Crippen molar-refractivity contribution in [1.29, 1.82) is 0 Å². The third-order valence-electron chi connectivity index (χ3n) is 3.80. The molecule has 0 aliphatic heterocycles. The van der Waals surface area contributed by atoms with Crippen molar-refractivity contribution >= 4 is 21.7 Å². The van der Waals surface area contributed by atoms with Gasteiger partial charge in [0, 0.05) is 23.2 Å². The van der Waals surface area contributed by atoms with E-state index in [-0.39, 0.29) is 6.04 Å². The fourth-order valence-corrected chi connectivity index (χ4v) is 2.73. The molecule has 0 spiro atoms. The molecule has 0 saturated heterocycles. The van der Waals surface area contributed by atoms with Crippen LogP contribution in [0.25, 0.3) is 21.7 Å². The van der Waals surface area contributed by atoms with Crippen LogP contribution < -0.4 is 5.73 Å². The molecule has 102 valence electrons. The van der Waals surface area contributed by atoms with Crippen molar-refractivity contribution in [1.82, 2.24) is 4.98 Å². The van der Waals surface area contributed by atoms with Gasteiger partial charge in [0.25, 0.3) is 0 Å². The molecule has 2 N–H and O–H groups in total.